The Bertz CT molecular complexity index is 730. The number of aryl methyl sites for hydroxylation is 2. The number of hydrogen-bond acceptors (Lipinski definition) is 4. The largest absolute Gasteiger partial charge is 0.480 e. The van der Waals surface area contributed by atoms with Crippen molar-refractivity contribution in [3.05, 3.63) is 45.9 Å². The molecular weight excluding hydrogens is 272 g/mol. The van der Waals surface area contributed by atoms with E-state index in [2.05, 4.69) is 10.1 Å². The summed E-state index contributed by atoms with van der Waals surface area (Å²) >= 11 is 0. The summed E-state index contributed by atoms with van der Waals surface area (Å²) in [6, 6.07) is 2.96. The van der Waals surface area contributed by atoms with Crippen molar-refractivity contribution in [1.29, 1.82) is 0 Å². The quantitative estimate of drug-likeness (QED) is 0.900. The summed E-state index contributed by atoms with van der Waals surface area (Å²) in [5, 5.41) is 13.5. The molecule has 1 N–H and O–H groups in total. The van der Waals surface area contributed by atoms with E-state index < -0.39 is 12.0 Å². The monoisotopic (exact) mass is 288 g/mol. The SMILES string of the molecule is Cc1ccc(Cn2nc3n(c2=O)[C@@H](C(=O)O)CCC3)cn1. The maximum absolute atomic E-state index is 12.4. The molecule has 0 saturated heterocycles. The molecule has 1 aliphatic heterocycles. The Morgan fingerprint density at radius 2 is 2.29 bits per heavy atom. The van der Waals surface area contributed by atoms with E-state index in [0.29, 0.717) is 25.2 Å². The molecule has 21 heavy (non-hydrogen) atoms. The highest BCUT2D eigenvalue weighted by Crippen LogP contribution is 2.21. The van der Waals surface area contributed by atoms with Crippen LogP contribution < -0.4 is 5.69 Å². The summed E-state index contributed by atoms with van der Waals surface area (Å²) in [4.78, 5) is 27.8. The van der Waals surface area contributed by atoms with Crippen molar-refractivity contribution in [1.82, 2.24) is 19.3 Å². The van der Waals surface area contributed by atoms with Gasteiger partial charge in [-0.1, -0.05) is 6.07 Å². The van der Waals surface area contributed by atoms with Gasteiger partial charge in [0.25, 0.3) is 0 Å². The first-order valence-electron chi connectivity index (χ1n) is 6.89. The lowest BCUT2D eigenvalue weighted by molar-refractivity contribution is -0.141. The number of aliphatic carboxylic acids is 1. The first-order valence-corrected chi connectivity index (χ1v) is 6.89. The fraction of sp³-hybridized carbons (Fsp3) is 0.429. The van der Waals surface area contributed by atoms with Gasteiger partial charge in [0.05, 0.1) is 6.54 Å². The maximum atomic E-state index is 12.4. The van der Waals surface area contributed by atoms with E-state index >= 15 is 0 Å². The van der Waals surface area contributed by atoms with Crippen LogP contribution in [0.1, 0.15) is 36.0 Å². The van der Waals surface area contributed by atoms with Gasteiger partial charge in [-0.25, -0.2) is 14.3 Å². The Morgan fingerprint density at radius 3 is 2.95 bits per heavy atom. The zero-order valence-electron chi connectivity index (χ0n) is 11.7. The second-order valence-corrected chi connectivity index (χ2v) is 5.28. The number of aromatic nitrogens is 4. The van der Waals surface area contributed by atoms with Gasteiger partial charge in [-0.3, -0.25) is 9.55 Å². The van der Waals surface area contributed by atoms with E-state index in [1.807, 2.05) is 19.1 Å². The van der Waals surface area contributed by atoms with Gasteiger partial charge in [-0.2, -0.15) is 5.10 Å². The topological polar surface area (TPSA) is 90.0 Å². The lowest BCUT2D eigenvalue weighted by Crippen LogP contribution is -2.34. The molecule has 0 bridgehead atoms. The molecule has 0 aromatic carbocycles. The normalized spacial score (nSPS) is 17.5. The maximum Gasteiger partial charge on any atom is 0.347 e. The van der Waals surface area contributed by atoms with Crippen molar-refractivity contribution in [2.45, 2.75) is 38.8 Å². The van der Waals surface area contributed by atoms with Crippen molar-refractivity contribution in [2.24, 2.45) is 0 Å². The minimum atomic E-state index is -0.977. The first-order chi connectivity index (χ1) is 10.1. The summed E-state index contributed by atoms with van der Waals surface area (Å²) in [7, 11) is 0. The minimum absolute atomic E-state index is 0.304. The van der Waals surface area contributed by atoms with E-state index in [-0.39, 0.29) is 5.69 Å². The number of pyridine rings is 1. The van der Waals surface area contributed by atoms with Gasteiger partial charge in [-0.15, -0.1) is 0 Å². The fourth-order valence-electron chi connectivity index (χ4n) is 2.63. The molecular formula is C14H16N4O3. The molecule has 7 nitrogen and oxygen atoms in total. The highest BCUT2D eigenvalue weighted by Gasteiger charge is 2.30. The Labute approximate surface area is 120 Å². The molecule has 1 atom stereocenters. The molecule has 7 heteroatoms. The average molecular weight is 288 g/mol. The van der Waals surface area contributed by atoms with E-state index in [9.17, 15) is 14.7 Å². The summed E-state index contributed by atoms with van der Waals surface area (Å²) in [6.45, 7) is 2.20. The third-order valence-corrected chi connectivity index (χ3v) is 3.72. The predicted octanol–water partition coefficient (Wildman–Crippen LogP) is 0.759. The number of hydrogen-bond donors (Lipinski definition) is 1. The Morgan fingerprint density at radius 1 is 1.48 bits per heavy atom. The number of carboxylic acid groups (broad SMARTS) is 1. The molecule has 0 fully saturated rings. The van der Waals surface area contributed by atoms with Crippen LogP contribution in [0.3, 0.4) is 0 Å². The highest BCUT2D eigenvalue weighted by atomic mass is 16.4. The number of fused-ring (bicyclic) bond motifs is 1. The van der Waals surface area contributed by atoms with Crippen molar-refractivity contribution >= 4 is 5.97 Å². The van der Waals surface area contributed by atoms with E-state index in [1.165, 1.54) is 9.25 Å². The fourth-order valence-corrected chi connectivity index (χ4v) is 2.63. The molecule has 0 unspecified atom stereocenters. The Hall–Kier alpha value is -2.44. The lowest BCUT2D eigenvalue weighted by atomic mass is 10.1. The lowest BCUT2D eigenvalue weighted by Gasteiger charge is -2.19. The standard InChI is InChI=1S/C14H16N4O3/c1-9-5-6-10(7-15-9)8-17-14(21)18-11(13(19)20)3-2-4-12(18)16-17/h5-7,11H,2-4,8H2,1H3,(H,19,20)/t11-/m1/s1. The second kappa shape index (κ2) is 5.16. The number of carbonyl (C=O) groups is 1. The molecule has 0 spiro atoms. The van der Waals surface area contributed by atoms with Gasteiger partial charge in [0.1, 0.15) is 11.9 Å². The van der Waals surface area contributed by atoms with Gasteiger partial charge in [0.2, 0.25) is 0 Å². The molecule has 110 valence electrons. The third kappa shape index (κ3) is 2.46. The smallest absolute Gasteiger partial charge is 0.347 e. The third-order valence-electron chi connectivity index (χ3n) is 3.72. The van der Waals surface area contributed by atoms with Crippen molar-refractivity contribution < 1.29 is 9.90 Å². The van der Waals surface area contributed by atoms with Crippen molar-refractivity contribution in [2.75, 3.05) is 0 Å². The summed E-state index contributed by atoms with van der Waals surface area (Å²) < 4.78 is 2.64. The van der Waals surface area contributed by atoms with Gasteiger partial charge in [-0.05, 0) is 31.4 Å². The minimum Gasteiger partial charge on any atom is -0.480 e. The van der Waals surface area contributed by atoms with E-state index in [1.54, 1.807) is 6.20 Å². The number of rotatable bonds is 3. The number of nitrogens with zero attached hydrogens (tertiary/aromatic N) is 4. The van der Waals surface area contributed by atoms with Crippen LogP contribution in [-0.4, -0.2) is 30.4 Å². The Kier molecular flexibility index (Phi) is 3.32. The van der Waals surface area contributed by atoms with Crippen LogP contribution in [0.2, 0.25) is 0 Å². The zero-order valence-corrected chi connectivity index (χ0v) is 11.7. The van der Waals surface area contributed by atoms with Crippen LogP contribution in [0.5, 0.6) is 0 Å². The van der Waals surface area contributed by atoms with Crippen LogP contribution in [0.25, 0.3) is 0 Å². The molecule has 0 radical (unpaired) electrons. The van der Waals surface area contributed by atoms with Crippen LogP contribution in [0.4, 0.5) is 0 Å². The van der Waals surface area contributed by atoms with Crippen molar-refractivity contribution in [3.63, 3.8) is 0 Å². The van der Waals surface area contributed by atoms with E-state index in [0.717, 1.165) is 17.7 Å². The van der Waals surface area contributed by atoms with Gasteiger partial charge in [0, 0.05) is 18.3 Å². The van der Waals surface area contributed by atoms with Gasteiger partial charge in [0.15, 0.2) is 0 Å². The van der Waals surface area contributed by atoms with Gasteiger partial charge < -0.3 is 5.11 Å². The van der Waals surface area contributed by atoms with Crippen LogP contribution >= 0.6 is 0 Å². The van der Waals surface area contributed by atoms with E-state index in [4.69, 9.17) is 0 Å². The first kappa shape index (κ1) is 13.5. The Balaban J connectivity index is 1.96. The average Bonchev–Trinajstić information content (AvgIpc) is 2.78. The summed E-state index contributed by atoms with van der Waals surface area (Å²) in [5.41, 5.74) is 1.41. The molecule has 0 amide bonds. The molecule has 3 heterocycles. The van der Waals surface area contributed by atoms with Crippen LogP contribution in [0.15, 0.2) is 23.1 Å². The molecule has 0 saturated carbocycles. The molecule has 2 aromatic rings. The molecule has 3 rings (SSSR count). The summed E-state index contributed by atoms with van der Waals surface area (Å²) in [5.74, 6) is -0.423. The van der Waals surface area contributed by atoms with Gasteiger partial charge >= 0.3 is 11.7 Å². The molecule has 0 aliphatic carbocycles. The molecule has 1 aliphatic rings. The van der Waals surface area contributed by atoms with Crippen molar-refractivity contribution in [3.8, 4) is 0 Å². The highest BCUT2D eigenvalue weighted by molar-refractivity contribution is 5.72. The van der Waals surface area contributed by atoms with Crippen LogP contribution in [0, 0.1) is 6.92 Å². The number of carboxylic acids is 1. The summed E-state index contributed by atoms with van der Waals surface area (Å²) in [6.07, 6.45) is 3.55. The molecule has 2 aromatic heterocycles. The second-order valence-electron chi connectivity index (χ2n) is 5.28. The predicted molar refractivity (Wildman–Crippen MR) is 74.2 cm³/mol. The van der Waals surface area contributed by atoms with Crippen LogP contribution in [-0.2, 0) is 17.8 Å². The zero-order chi connectivity index (χ0) is 15.0.